The van der Waals surface area contributed by atoms with E-state index >= 15 is 0 Å². The number of nitrogens with one attached hydrogen (secondary N) is 1. The molecular weight excluding hydrogens is 250 g/mol. The van der Waals surface area contributed by atoms with Crippen LogP contribution in [0.15, 0.2) is 24.3 Å². The van der Waals surface area contributed by atoms with Crippen LogP contribution in [0.3, 0.4) is 0 Å². The summed E-state index contributed by atoms with van der Waals surface area (Å²) in [6, 6.07) is 8.20. The summed E-state index contributed by atoms with van der Waals surface area (Å²) in [6.45, 7) is 11.3. The Kier molecular flexibility index (Phi) is 6.73. The van der Waals surface area contributed by atoms with Crippen molar-refractivity contribution >= 4 is 5.91 Å². The second-order valence-corrected chi connectivity index (χ2v) is 5.84. The van der Waals surface area contributed by atoms with Gasteiger partial charge in [-0.3, -0.25) is 4.79 Å². The van der Waals surface area contributed by atoms with Crippen molar-refractivity contribution in [1.29, 1.82) is 0 Å². The van der Waals surface area contributed by atoms with Crippen LogP contribution in [0.1, 0.15) is 44.7 Å². The van der Waals surface area contributed by atoms with Gasteiger partial charge in [-0.05, 0) is 32.3 Å². The van der Waals surface area contributed by atoms with E-state index in [1.807, 2.05) is 26.0 Å². The molecule has 1 atom stereocenters. The third-order valence-electron chi connectivity index (χ3n) is 3.24. The molecule has 0 saturated carbocycles. The van der Waals surface area contributed by atoms with Gasteiger partial charge in [0.25, 0.3) is 0 Å². The number of amides is 1. The number of benzene rings is 1. The summed E-state index contributed by atoms with van der Waals surface area (Å²) in [5, 5.41) is 2.97. The molecule has 0 radical (unpaired) electrons. The molecule has 1 aromatic rings. The number of carbonyl (C=O) groups is 1. The Hall–Kier alpha value is -1.35. The van der Waals surface area contributed by atoms with Crippen LogP contribution in [-0.4, -0.2) is 25.2 Å². The molecule has 0 spiro atoms. The molecule has 0 bridgehead atoms. The van der Waals surface area contributed by atoms with Crippen LogP contribution in [0.4, 0.5) is 0 Å². The quantitative estimate of drug-likeness (QED) is 0.777. The second-order valence-electron chi connectivity index (χ2n) is 5.84. The summed E-state index contributed by atoms with van der Waals surface area (Å²) in [5.41, 5.74) is 2.29. The number of hydrogen-bond donors (Lipinski definition) is 1. The van der Waals surface area contributed by atoms with E-state index in [2.05, 4.69) is 38.2 Å². The molecule has 3 nitrogen and oxygen atoms in total. The first-order valence-corrected chi connectivity index (χ1v) is 7.37. The lowest BCUT2D eigenvalue weighted by Crippen LogP contribution is -2.34. The van der Waals surface area contributed by atoms with E-state index in [1.54, 1.807) is 0 Å². The van der Waals surface area contributed by atoms with Crippen LogP contribution in [0.5, 0.6) is 0 Å². The van der Waals surface area contributed by atoms with Gasteiger partial charge in [0, 0.05) is 6.54 Å². The van der Waals surface area contributed by atoms with Gasteiger partial charge in [0.1, 0.15) is 0 Å². The number of rotatable bonds is 7. The van der Waals surface area contributed by atoms with E-state index < -0.39 is 0 Å². The molecule has 1 amide bonds. The van der Waals surface area contributed by atoms with Crippen molar-refractivity contribution in [3.8, 4) is 0 Å². The molecule has 1 aromatic carbocycles. The maximum Gasteiger partial charge on any atom is 0.227 e. The standard InChI is InChI=1S/C17H27NO2/c1-12(2)16(15-8-6-14(5)7-9-15)17(19)18-10-11-20-13(3)4/h6-9,12-13,16H,10-11H2,1-5H3,(H,18,19). The maximum atomic E-state index is 12.3. The smallest absolute Gasteiger partial charge is 0.227 e. The monoisotopic (exact) mass is 277 g/mol. The average molecular weight is 277 g/mol. The highest BCUT2D eigenvalue weighted by Crippen LogP contribution is 2.24. The molecule has 0 aromatic heterocycles. The van der Waals surface area contributed by atoms with Gasteiger partial charge in [0.2, 0.25) is 5.91 Å². The number of carbonyl (C=O) groups excluding carboxylic acids is 1. The van der Waals surface area contributed by atoms with Crippen molar-refractivity contribution in [3.63, 3.8) is 0 Å². The van der Waals surface area contributed by atoms with Gasteiger partial charge in [-0.2, -0.15) is 0 Å². The Morgan fingerprint density at radius 3 is 2.25 bits per heavy atom. The van der Waals surface area contributed by atoms with Crippen LogP contribution in [0, 0.1) is 12.8 Å². The molecule has 1 N–H and O–H groups in total. The van der Waals surface area contributed by atoms with Gasteiger partial charge in [-0.15, -0.1) is 0 Å². The number of aryl methyl sites for hydroxylation is 1. The van der Waals surface area contributed by atoms with Crippen molar-refractivity contribution in [2.75, 3.05) is 13.2 Å². The number of ether oxygens (including phenoxy) is 1. The van der Waals surface area contributed by atoms with Crippen LogP contribution in [0.25, 0.3) is 0 Å². The van der Waals surface area contributed by atoms with Crippen molar-refractivity contribution in [2.45, 2.75) is 46.6 Å². The molecule has 112 valence electrons. The Morgan fingerprint density at radius 2 is 1.75 bits per heavy atom. The fraction of sp³-hybridized carbons (Fsp3) is 0.588. The number of hydrogen-bond acceptors (Lipinski definition) is 2. The van der Waals surface area contributed by atoms with Crippen LogP contribution >= 0.6 is 0 Å². The lowest BCUT2D eigenvalue weighted by Gasteiger charge is -2.21. The van der Waals surface area contributed by atoms with Crippen molar-refractivity contribution in [3.05, 3.63) is 35.4 Å². The molecule has 0 saturated heterocycles. The highest BCUT2D eigenvalue weighted by molar-refractivity contribution is 5.83. The van der Waals surface area contributed by atoms with Gasteiger partial charge in [-0.1, -0.05) is 43.7 Å². The Labute approximate surface area is 122 Å². The zero-order valence-corrected chi connectivity index (χ0v) is 13.3. The van der Waals surface area contributed by atoms with E-state index in [0.717, 1.165) is 5.56 Å². The molecule has 0 fully saturated rings. The van der Waals surface area contributed by atoms with E-state index in [4.69, 9.17) is 4.74 Å². The largest absolute Gasteiger partial charge is 0.377 e. The zero-order chi connectivity index (χ0) is 15.1. The lowest BCUT2D eigenvalue weighted by atomic mass is 9.87. The second kappa shape index (κ2) is 8.05. The molecule has 0 aliphatic carbocycles. The highest BCUT2D eigenvalue weighted by atomic mass is 16.5. The minimum Gasteiger partial charge on any atom is -0.377 e. The molecule has 0 heterocycles. The summed E-state index contributed by atoms with van der Waals surface area (Å²) in [7, 11) is 0. The molecule has 0 aliphatic rings. The SMILES string of the molecule is Cc1ccc(C(C(=O)NCCOC(C)C)C(C)C)cc1. The Morgan fingerprint density at radius 1 is 1.15 bits per heavy atom. The van der Waals surface area contributed by atoms with Crippen molar-refractivity contribution in [2.24, 2.45) is 5.92 Å². The summed E-state index contributed by atoms with van der Waals surface area (Å²) in [4.78, 5) is 12.3. The summed E-state index contributed by atoms with van der Waals surface area (Å²) in [5.74, 6) is 0.245. The molecular formula is C17H27NO2. The minimum absolute atomic E-state index is 0.0798. The predicted molar refractivity (Wildman–Crippen MR) is 82.9 cm³/mol. The molecule has 0 aliphatic heterocycles. The summed E-state index contributed by atoms with van der Waals surface area (Å²) < 4.78 is 5.44. The fourth-order valence-electron chi connectivity index (χ4n) is 2.19. The molecule has 1 unspecified atom stereocenters. The third kappa shape index (κ3) is 5.33. The molecule has 20 heavy (non-hydrogen) atoms. The first kappa shape index (κ1) is 16.7. The normalized spacial score (nSPS) is 12.8. The maximum absolute atomic E-state index is 12.3. The van der Waals surface area contributed by atoms with Crippen molar-refractivity contribution in [1.82, 2.24) is 5.32 Å². The fourth-order valence-corrected chi connectivity index (χ4v) is 2.19. The van der Waals surface area contributed by atoms with Crippen molar-refractivity contribution < 1.29 is 9.53 Å². The summed E-state index contributed by atoms with van der Waals surface area (Å²) in [6.07, 6.45) is 0.199. The van der Waals surface area contributed by atoms with E-state index in [0.29, 0.717) is 13.2 Å². The minimum atomic E-state index is -0.102. The van der Waals surface area contributed by atoms with Gasteiger partial charge in [-0.25, -0.2) is 0 Å². The summed E-state index contributed by atoms with van der Waals surface area (Å²) >= 11 is 0. The first-order chi connectivity index (χ1) is 9.41. The van der Waals surface area contributed by atoms with Crippen LogP contribution in [-0.2, 0) is 9.53 Å². The van der Waals surface area contributed by atoms with E-state index in [1.165, 1.54) is 5.56 Å². The van der Waals surface area contributed by atoms with Crippen LogP contribution in [0.2, 0.25) is 0 Å². The van der Waals surface area contributed by atoms with E-state index in [-0.39, 0.29) is 23.8 Å². The lowest BCUT2D eigenvalue weighted by molar-refractivity contribution is -0.123. The predicted octanol–water partition coefficient (Wildman–Crippen LogP) is 3.28. The van der Waals surface area contributed by atoms with Gasteiger partial charge in [0.05, 0.1) is 18.6 Å². The highest BCUT2D eigenvalue weighted by Gasteiger charge is 2.23. The van der Waals surface area contributed by atoms with Gasteiger partial charge < -0.3 is 10.1 Å². The molecule has 3 heteroatoms. The Bertz CT molecular complexity index is 410. The Balaban J connectivity index is 2.62. The van der Waals surface area contributed by atoms with Gasteiger partial charge in [0.15, 0.2) is 0 Å². The average Bonchev–Trinajstić information content (AvgIpc) is 2.36. The van der Waals surface area contributed by atoms with Crippen LogP contribution < -0.4 is 5.32 Å². The molecule has 1 rings (SSSR count). The first-order valence-electron chi connectivity index (χ1n) is 7.37. The van der Waals surface area contributed by atoms with E-state index in [9.17, 15) is 4.79 Å². The third-order valence-corrected chi connectivity index (χ3v) is 3.24. The zero-order valence-electron chi connectivity index (χ0n) is 13.3. The van der Waals surface area contributed by atoms with Gasteiger partial charge >= 0.3 is 0 Å². The topological polar surface area (TPSA) is 38.3 Å².